The highest BCUT2D eigenvalue weighted by molar-refractivity contribution is 5.96. The van der Waals surface area contributed by atoms with E-state index < -0.39 is 0 Å². The molecular weight excluding hydrogens is 338 g/mol. The molecule has 0 fully saturated rings. The number of nitrogens with one attached hydrogen (secondary N) is 2. The van der Waals surface area contributed by atoms with Crippen LogP contribution in [0.1, 0.15) is 38.4 Å². The Bertz CT molecular complexity index is 958. The number of amidine groups is 1. The summed E-state index contributed by atoms with van der Waals surface area (Å²) in [5.74, 6) is -0.109. The number of hydrogen-bond acceptors (Lipinski definition) is 3. The zero-order valence-corrected chi connectivity index (χ0v) is 15.5. The average Bonchev–Trinajstić information content (AvgIpc) is 2.94. The van der Waals surface area contributed by atoms with Crippen molar-refractivity contribution < 1.29 is 4.79 Å². The Kier molecular flexibility index (Phi) is 5.35. The van der Waals surface area contributed by atoms with Crippen LogP contribution in [0.2, 0.25) is 0 Å². The molecule has 4 N–H and O–H groups in total. The maximum absolute atomic E-state index is 12.7. The summed E-state index contributed by atoms with van der Waals surface area (Å²) in [4.78, 5) is 12.7. The molecule has 0 aliphatic rings. The van der Waals surface area contributed by atoms with Gasteiger partial charge in [-0.2, -0.15) is 5.10 Å². The summed E-state index contributed by atoms with van der Waals surface area (Å²) >= 11 is 0. The molecule has 0 aliphatic carbocycles. The van der Waals surface area contributed by atoms with Crippen LogP contribution in [0, 0.1) is 19.3 Å². The third-order valence-corrected chi connectivity index (χ3v) is 4.50. The van der Waals surface area contributed by atoms with Crippen LogP contribution in [0.3, 0.4) is 0 Å². The monoisotopic (exact) mass is 361 g/mol. The van der Waals surface area contributed by atoms with Crippen molar-refractivity contribution in [3.63, 3.8) is 0 Å². The lowest BCUT2D eigenvalue weighted by Gasteiger charge is -2.08. The number of nitrogen functional groups attached to an aromatic ring is 1. The molecule has 1 heterocycles. The zero-order valence-electron chi connectivity index (χ0n) is 15.5. The van der Waals surface area contributed by atoms with Gasteiger partial charge < -0.3 is 11.1 Å². The van der Waals surface area contributed by atoms with E-state index >= 15 is 0 Å². The quantitative estimate of drug-likeness (QED) is 0.465. The normalized spacial score (nSPS) is 10.6. The Balaban J connectivity index is 1.70. The molecule has 1 amide bonds. The van der Waals surface area contributed by atoms with Gasteiger partial charge >= 0.3 is 0 Å². The molecule has 138 valence electrons. The highest BCUT2D eigenvalue weighted by atomic mass is 16.1. The standard InChI is InChI=1S/C21H23N5O/c1-14-19(15(2)26(25-14)13-17-6-4-3-5-7-17)21(27)24-12-16-8-10-18(11-9-16)20(22)23/h3-11H,12-13H2,1-2H3,(H3,22,23)(H,24,27). The fourth-order valence-corrected chi connectivity index (χ4v) is 3.01. The van der Waals surface area contributed by atoms with Crippen molar-refractivity contribution in [2.24, 2.45) is 5.73 Å². The Morgan fingerprint density at radius 3 is 2.37 bits per heavy atom. The summed E-state index contributed by atoms with van der Waals surface area (Å²) in [7, 11) is 0. The third kappa shape index (κ3) is 4.23. The van der Waals surface area contributed by atoms with Crippen LogP contribution in [0.4, 0.5) is 0 Å². The number of hydrogen-bond donors (Lipinski definition) is 3. The Morgan fingerprint density at radius 2 is 1.74 bits per heavy atom. The van der Waals surface area contributed by atoms with Crippen molar-refractivity contribution in [3.05, 3.63) is 88.2 Å². The number of nitrogens with two attached hydrogens (primary N) is 1. The van der Waals surface area contributed by atoms with E-state index in [9.17, 15) is 4.79 Å². The summed E-state index contributed by atoms with van der Waals surface area (Å²) in [5.41, 5.74) is 10.4. The minimum Gasteiger partial charge on any atom is -0.384 e. The van der Waals surface area contributed by atoms with Gasteiger partial charge in [-0.3, -0.25) is 14.9 Å². The maximum atomic E-state index is 12.7. The smallest absolute Gasteiger partial charge is 0.255 e. The van der Waals surface area contributed by atoms with Gasteiger partial charge in [0.05, 0.1) is 17.8 Å². The Morgan fingerprint density at radius 1 is 1.07 bits per heavy atom. The van der Waals surface area contributed by atoms with Gasteiger partial charge in [-0.15, -0.1) is 0 Å². The van der Waals surface area contributed by atoms with Crippen molar-refractivity contribution >= 4 is 11.7 Å². The highest BCUT2D eigenvalue weighted by Crippen LogP contribution is 2.15. The lowest BCUT2D eigenvalue weighted by Crippen LogP contribution is -2.24. The summed E-state index contributed by atoms with van der Waals surface area (Å²) in [6.45, 7) is 4.80. The minimum absolute atomic E-state index is 0.0302. The van der Waals surface area contributed by atoms with Crippen molar-refractivity contribution in [3.8, 4) is 0 Å². The first-order valence-corrected chi connectivity index (χ1v) is 8.75. The van der Waals surface area contributed by atoms with Crippen LogP contribution in [0.25, 0.3) is 0 Å². The predicted octanol–water partition coefficient (Wildman–Crippen LogP) is 2.76. The van der Waals surface area contributed by atoms with E-state index in [-0.39, 0.29) is 11.7 Å². The first kappa shape index (κ1) is 18.4. The number of rotatable bonds is 6. The number of carbonyl (C=O) groups is 1. The van der Waals surface area contributed by atoms with Gasteiger partial charge in [0.2, 0.25) is 0 Å². The predicted molar refractivity (Wildman–Crippen MR) is 106 cm³/mol. The van der Waals surface area contributed by atoms with Crippen LogP contribution >= 0.6 is 0 Å². The number of amides is 1. The van der Waals surface area contributed by atoms with E-state index in [0.717, 1.165) is 16.8 Å². The molecule has 1 aromatic heterocycles. The number of nitrogens with zero attached hydrogens (tertiary/aromatic N) is 2. The van der Waals surface area contributed by atoms with E-state index in [1.54, 1.807) is 12.1 Å². The van der Waals surface area contributed by atoms with Gasteiger partial charge in [0, 0.05) is 17.8 Å². The van der Waals surface area contributed by atoms with E-state index in [0.29, 0.717) is 29.9 Å². The first-order valence-electron chi connectivity index (χ1n) is 8.75. The number of benzene rings is 2. The van der Waals surface area contributed by atoms with E-state index in [4.69, 9.17) is 11.1 Å². The molecule has 0 saturated heterocycles. The molecule has 0 aliphatic heterocycles. The minimum atomic E-state index is -0.139. The molecule has 0 spiro atoms. The fourth-order valence-electron chi connectivity index (χ4n) is 3.01. The molecule has 3 aromatic rings. The van der Waals surface area contributed by atoms with Gasteiger partial charge in [0.15, 0.2) is 0 Å². The number of aromatic nitrogens is 2. The van der Waals surface area contributed by atoms with Gasteiger partial charge in [-0.05, 0) is 25.0 Å². The SMILES string of the molecule is Cc1nn(Cc2ccccc2)c(C)c1C(=O)NCc1ccc(C(=N)N)cc1. The molecule has 0 radical (unpaired) electrons. The second-order valence-corrected chi connectivity index (χ2v) is 6.48. The highest BCUT2D eigenvalue weighted by Gasteiger charge is 2.18. The molecule has 2 aromatic carbocycles. The van der Waals surface area contributed by atoms with Gasteiger partial charge in [-0.1, -0.05) is 54.6 Å². The molecule has 6 nitrogen and oxygen atoms in total. The fraction of sp³-hybridized carbons (Fsp3) is 0.190. The first-order chi connectivity index (χ1) is 13.0. The largest absolute Gasteiger partial charge is 0.384 e. The second-order valence-electron chi connectivity index (χ2n) is 6.48. The van der Waals surface area contributed by atoms with Crippen LogP contribution in [0.15, 0.2) is 54.6 Å². The van der Waals surface area contributed by atoms with Gasteiger partial charge in [0.1, 0.15) is 5.84 Å². The molecule has 3 rings (SSSR count). The second kappa shape index (κ2) is 7.86. The molecule has 0 bridgehead atoms. The molecular formula is C21H23N5O. The topological polar surface area (TPSA) is 96.8 Å². The summed E-state index contributed by atoms with van der Waals surface area (Å²) in [6, 6.07) is 17.3. The maximum Gasteiger partial charge on any atom is 0.255 e. The van der Waals surface area contributed by atoms with Crippen LogP contribution < -0.4 is 11.1 Å². The molecule has 0 atom stereocenters. The lowest BCUT2D eigenvalue weighted by molar-refractivity contribution is 0.0949. The van der Waals surface area contributed by atoms with Crippen LogP contribution in [-0.4, -0.2) is 21.5 Å². The lowest BCUT2D eigenvalue weighted by atomic mass is 10.1. The third-order valence-electron chi connectivity index (χ3n) is 4.50. The zero-order chi connectivity index (χ0) is 19.4. The van der Waals surface area contributed by atoms with E-state index in [2.05, 4.69) is 10.4 Å². The van der Waals surface area contributed by atoms with Crippen LogP contribution in [-0.2, 0) is 13.1 Å². The van der Waals surface area contributed by atoms with Crippen molar-refractivity contribution in [1.82, 2.24) is 15.1 Å². The molecule has 27 heavy (non-hydrogen) atoms. The van der Waals surface area contributed by atoms with Gasteiger partial charge in [0.25, 0.3) is 5.91 Å². The van der Waals surface area contributed by atoms with Gasteiger partial charge in [-0.25, -0.2) is 0 Å². The summed E-state index contributed by atoms with van der Waals surface area (Å²) in [5, 5.41) is 14.9. The Hall–Kier alpha value is -3.41. The van der Waals surface area contributed by atoms with Crippen molar-refractivity contribution in [1.29, 1.82) is 5.41 Å². The summed E-state index contributed by atoms with van der Waals surface area (Å²) in [6.07, 6.45) is 0. The number of aryl methyl sites for hydroxylation is 1. The Labute approximate surface area is 158 Å². The van der Waals surface area contributed by atoms with E-state index in [1.165, 1.54) is 0 Å². The van der Waals surface area contributed by atoms with E-state index in [1.807, 2.05) is 61.0 Å². The average molecular weight is 361 g/mol. The van der Waals surface area contributed by atoms with Crippen LogP contribution in [0.5, 0.6) is 0 Å². The molecule has 0 unspecified atom stereocenters. The van der Waals surface area contributed by atoms with Crippen molar-refractivity contribution in [2.75, 3.05) is 0 Å². The van der Waals surface area contributed by atoms with Crippen molar-refractivity contribution in [2.45, 2.75) is 26.9 Å². The number of carbonyl (C=O) groups excluding carboxylic acids is 1. The summed E-state index contributed by atoms with van der Waals surface area (Å²) < 4.78 is 1.86. The molecule has 6 heteroatoms. The molecule has 0 saturated carbocycles.